The molecule has 2 fully saturated rings. The van der Waals surface area contributed by atoms with Gasteiger partial charge in [-0.3, -0.25) is 4.90 Å². The van der Waals surface area contributed by atoms with Crippen molar-refractivity contribution in [2.45, 2.75) is 56.7 Å². The van der Waals surface area contributed by atoms with Crippen molar-refractivity contribution in [3.8, 4) is 5.75 Å². The molecular formula is C29H34ClN5O3S. The number of nitrogens with one attached hydrogen (secondary N) is 1. The van der Waals surface area contributed by atoms with E-state index in [0.29, 0.717) is 17.5 Å². The Balaban J connectivity index is 1.15. The highest BCUT2D eigenvalue weighted by molar-refractivity contribution is 7.73. The minimum atomic E-state index is -2.57. The molecule has 1 aliphatic carbocycles. The van der Waals surface area contributed by atoms with Gasteiger partial charge in [0, 0.05) is 40.4 Å². The molecule has 8 nitrogen and oxygen atoms in total. The first-order chi connectivity index (χ1) is 19.0. The third kappa shape index (κ3) is 5.62. The first kappa shape index (κ1) is 26.5. The summed E-state index contributed by atoms with van der Waals surface area (Å²) in [5.41, 5.74) is 2.78. The van der Waals surface area contributed by atoms with Gasteiger partial charge in [-0.05, 0) is 88.2 Å². The number of likely N-dealkylation sites (tertiary alicyclic amines) is 1. The van der Waals surface area contributed by atoms with Crippen LogP contribution >= 0.6 is 11.6 Å². The molecule has 0 spiro atoms. The minimum Gasteiger partial charge on any atom is -0.493 e. The molecule has 4 aromatic rings. The lowest BCUT2D eigenvalue weighted by Crippen LogP contribution is -2.48. The van der Waals surface area contributed by atoms with E-state index < -0.39 is 16.1 Å². The minimum absolute atomic E-state index is 0.126. The SMILES string of the molecule is Cc1nc(C2CCC(C(N3CCCC(COc4ccc(Cl)cc4)C3)[SH](=O)=O)CC2)c2c(cnc3[nH]ccc32)n1. The first-order valence-electron chi connectivity index (χ1n) is 13.8. The zero-order valence-corrected chi connectivity index (χ0v) is 23.7. The van der Waals surface area contributed by atoms with E-state index in [0.717, 1.165) is 90.8 Å². The van der Waals surface area contributed by atoms with Crippen LogP contribution in [0.2, 0.25) is 5.02 Å². The number of piperidine rings is 1. The van der Waals surface area contributed by atoms with Gasteiger partial charge in [-0.15, -0.1) is 0 Å². The molecule has 4 heterocycles. The van der Waals surface area contributed by atoms with Crippen LogP contribution in [0, 0.1) is 18.8 Å². The molecular weight excluding hydrogens is 534 g/mol. The first-order valence-corrected chi connectivity index (χ1v) is 15.4. The molecule has 3 aromatic heterocycles. The van der Waals surface area contributed by atoms with Crippen LogP contribution in [0.15, 0.2) is 42.7 Å². The molecule has 1 aliphatic heterocycles. The molecule has 2 aliphatic rings. The number of H-pyrrole nitrogens is 1. The molecule has 10 heteroatoms. The van der Waals surface area contributed by atoms with Gasteiger partial charge in [-0.1, -0.05) is 11.6 Å². The number of aryl methyl sites for hydroxylation is 1. The fourth-order valence-corrected chi connectivity index (χ4v) is 7.83. The molecule has 39 heavy (non-hydrogen) atoms. The van der Waals surface area contributed by atoms with Gasteiger partial charge < -0.3 is 9.72 Å². The van der Waals surface area contributed by atoms with Crippen LogP contribution in [0.1, 0.15) is 56.0 Å². The highest BCUT2D eigenvalue weighted by Gasteiger charge is 2.37. The van der Waals surface area contributed by atoms with Gasteiger partial charge in [0.2, 0.25) is 0 Å². The Kier molecular flexibility index (Phi) is 7.73. The Bertz CT molecular complexity index is 1520. The second-order valence-electron chi connectivity index (χ2n) is 11.0. The van der Waals surface area contributed by atoms with Crippen molar-refractivity contribution in [2.24, 2.45) is 11.8 Å². The maximum atomic E-state index is 12.6. The van der Waals surface area contributed by atoms with E-state index in [1.54, 1.807) is 0 Å². The number of nitrogens with zero attached hydrogens (tertiary/aromatic N) is 4. The highest BCUT2D eigenvalue weighted by Crippen LogP contribution is 2.41. The van der Waals surface area contributed by atoms with Crippen molar-refractivity contribution in [1.29, 1.82) is 0 Å². The average Bonchev–Trinajstić information content (AvgIpc) is 3.42. The fourth-order valence-electron chi connectivity index (χ4n) is 6.59. The number of hydrogen-bond donors (Lipinski definition) is 2. The van der Waals surface area contributed by atoms with E-state index in [9.17, 15) is 8.42 Å². The lowest BCUT2D eigenvalue weighted by molar-refractivity contribution is 0.0898. The second-order valence-corrected chi connectivity index (χ2v) is 12.5. The van der Waals surface area contributed by atoms with Crippen molar-refractivity contribution in [1.82, 2.24) is 24.8 Å². The Morgan fingerprint density at radius 2 is 1.90 bits per heavy atom. The molecule has 1 saturated carbocycles. The molecule has 2 unspecified atom stereocenters. The summed E-state index contributed by atoms with van der Waals surface area (Å²) in [7, 11) is -2.57. The van der Waals surface area contributed by atoms with Gasteiger partial charge in [0.25, 0.3) is 0 Å². The number of benzene rings is 1. The zero-order chi connectivity index (χ0) is 26.9. The number of fused-ring (bicyclic) bond motifs is 3. The molecule has 1 aromatic carbocycles. The second kappa shape index (κ2) is 11.4. The molecule has 2 atom stereocenters. The van der Waals surface area contributed by atoms with Crippen LogP contribution in [-0.2, 0) is 10.7 Å². The standard InChI is InChI=1S/C29H34ClN5O3S/c1-18-33-25-15-32-28-24(12-13-31-28)26(25)27(34-18)20-4-6-21(7-5-20)29(39(36)37)35-14-2-3-19(16-35)17-38-23-10-8-22(30)9-11-23/h8-13,15,19-21,29,39H,2-7,14,16-17H2,1H3,(H,31,32). The van der Waals surface area contributed by atoms with Crippen LogP contribution in [-0.4, -0.2) is 58.3 Å². The largest absolute Gasteiger partial charge is 0.493 e. The van der Waals surface area contributed by atoms with E-state index in [2.05, 4.69) is 19.9 Å². The van der Waals surface area contributed by atoms with Crippen LogP contribution in [0.5, 0.6) is 5.75 Å². The van der Waals surface area contributed by atoms with E-state index in [1.807, 2.05) is 49.6 Å². The third-order valence-corrected chi connectivity index (χ3v) is 9.84. The van der Waals surface area contributed by atoms with Gasteiger partial charge in [-0.25, -0.2) is 23.4 Å². The van der Waals surface area contributed by atoms with Gasteiger partial charge >= 0.3 is 0 Å². The topological polar surface area (TPSA) is 101 Å². The van der Waals surface area contributed by atoms with Crippen LogP contribution in [0.3, 0.4) is 0 Å². The van der Waals surface area contributed by atoms with Crippen molar-refractivity contribution < 1.29 is 13.2 Å². The molecule has 0 radical (unpaired) electrons. The summed E-state index contributed by atoms with van der Waals surface area (Å²) in [5, 5.41) is 2.37. The lowest BCUT2D eigenvalue weighted by atomic mass is 9.78. The normalized spacial score (nSPS) is 23.4. The molecule has 0 bridgehead atoms. The van der Waals surface area contributed by atoms with Gasteiger partial charge in [0.05, 0.1) is 24.0 Å². The summed E-state index contributed by atoms with van der Waals surface area (Å²) in [6.45, 7) is 4.07. The number of aromatic nitrogens is 4. The quantitative estimate of drug-likeness (QED) is 0.286. The van der Waals surface area contributed by atoms with Crippen LogP contribution < -0.4 is 4.74 Å². The number of ether oxygens (including phenoxy) is 1. The van der Waals surface area contributed by atoms with E-state index in [-0.39, 0.29) is 11.8 Å². The van der Waals surface area contributed by atoms with Gasteiger partial charge in [0.1, 0.15) is 22.6 Å². The van der Waals surface area contributed by atoms with E-state index in [1.165, 1.54) is 0 Å². The predicted molar refractivity (Wildman–Crippen MR) is 154 cm³/mol. The summed E-state index contributed by atoms with van der Waals surface area (Å²) >= 11 is 5.98. The van der Waals surface area contributed by atoms with Crippen molar-refractivity contribution >= 4 is 44.2 Å². The summed E-state index contributed by atoms with van der Waals surface area (Å²) in [6, 6.07) is 9.43. The van der Waals surface area contributed by atoms with E-state index in [4.69, 9.17) is 21.3 Å². The summed E-state index contributed by atoms with van der Waals surface area (Å²) in [6.07, 6.45) is 9.32. The summed E-state index contributed by atoms with van der Waals surface area (Å²) in [4.78, 5) is 19.5. The number of pyridine rings is 1. The van der Waals surface area contributed by atoms with Crippen LogP contribution in [0.4, 0.5) is 0 Å². The molecule has 0 amide bonds. The Morgan fingerprint density at radius 1 is 1.10 bits per heavy atom. The number of aromatic amines is 1. The zero-order valence-electron chi connectivity index (χ0n) is 22.1. The molecule has 1 N–H and O–H groups in total. The average molecular weight is 568 g/mol. The Labute approximate surface area is 235 Å². The molecule has 206 valence electrons. The summed E-state index contributed by atoms with van der Waals surface area (Å²) in [5.74, 6) is 2.24. The van der Waals surface area contributed by atoms with Crippen molar-refractivity contribution in [3.63, 3.8) is 0 Å². The maximum absolute atomic E-state index is 12.6. The Morgan fingerprint density at radius 3 is 2.67 bits per heavy atom. The van der Waals surface area contributed by atoms with Crippen LogP contribution in [0.25, 0.3) is 21.9 Å². The fraction of sp³-hybridized carbons (Fsp3) is 0.483. The molecule has 6 rings (SSSR count). The van der Waals surface area contributed by atoms with Crippen molar-refractivity contribution in [2.75, 3.05) is 19.7 Å². The van der Waals surface area contributed by atoms with Crippen molar-refractivity contribution in [3.05, 3.63) is 59.3 Å². The van der Waals surface area contributed by atoms with E-state index >= 15 is 0 Å². The predicted octanol–water partition coefficient (Wildman–Crippen LogP) is 5.47. The summed E-state index contributed by atoms with van der Waals surface area (Å²) < 4.78 is 31.3. The Hall–Kier alpha value is -2.75. The smallest absolute Gasteiger partial charge is 0.156 e. The number of rotatable bonds is 7. The third-order valence-electron chi connectivity index (χ3n) is 8.41. The maximum Gasteiger partial charge on any atom is 0.156 e. The number of halogens is 1. The highest BCUT2D eigenvalue weighted by atomic mass is 35.5. The van der Waals surface area contributed by atoms with Gasteiger partial charge in [-0.2, -0.15) is 0 Å². The monoisotopic (exact) mass is 567 g/mol. The lowest BCUT2D eigenvalue weighted by Gasteiger charge is -2.41. The number of thiol groups is 1. The number of hydrogen-bond acceptors (Lipinski definition) is 7. The molecule has 1 saturated heterocycles. The van der Waals surface area contributed by atoms with Gasteiger partial charge in [0.15, 0.2) is 10.7 Å².